The zero-order valence-electron chi connectivity index (χ0n) is 11.7. The van der Waals surface area contributed by atoms with Gasteiger partial charge in [-0.15, -0.1) is 0 Å². The molecule has 0 aliphatic rings. The fourth-order valence-corrected chi connectivity index (χ4v) is 2.13. The van der Waals surface area contributed by atoms with Gasteiger partial charge in [0, 0.05) is 17.5 Å². The molecule has 22 heavy (non-hydrogen) atoms. The van der Waals surface area contributed by atoms with Gasteiger partial charge in [0.1, 0.15) is 35.4 Å². The van der Waals surface area contributed by atoms with E-state index in [9.17, 15) is 4.79 Å². The van der Waals surface area contributed by atoms with E-state index in [1.807, 2.05) is 48.5 Å². The molecule has 0 aliphatic heterocycles. The van der Waals surface area contributed by atoms with E-state index >= 15 is 0 Å². The molecule has 5 heteroatoms. The Morgan fingerprint density at radius 2 is 1.91 bits per heavy atom. The number of nitrogens with zero attached hydrogens (tertiary/aromatic N) is 1. The first-order valence-electron chi connectivity index (χ1n) is 6.77. The number of aromatic nitrogens is 1. The lowest BCUT2D eigenvalue weighted by Gasteiger charge is -2.09. The van der Waals surface area contributed by atoms with E-state index in [4.69, 9.17) is 15.0 Å². The van der Waals surface area contributed by atoms with Crippen LogP contribution in [0, 0.1) is 0 Å². The number of carbonyl (C=O) groups is 1. The van der Waals surface area contributed by atoms with Crippen LogP contribution in [-0.4, -0.2) is 11.4 Å². The van der Waals surface area contributed by atoms with Gasteiger partial charge < -0.3 is 19.8 Å². The van der Waals surface area contributed by atoms with Gasteiger partial charge in [0.05, 0.1) is 0 Å². The predicted molar refractivity (Wildman–Crippen MR) is 82.6 cm³/mol. The molecule has 5 nitrogen and oxygen atoms in total. The topological polar surface area (TPSA) is 78.3 Å². The Kier molecular flexibility index (Phi) is 3.87. The van der Waals surface area contributed by atoms with Gasteiger partial charge in [-0.05, 0) is 30.3 Å². The molecule has 0 radical (unpaired) electrons. The zero-order chi connectivity index (χ0) is 15.4. The summed E-state index contributed by atoms with van der Waals surface area (Å²) in [6, 6.07) is 14.8. The summed E-state index contributed by atoms with van der Waals surface area (Å²) in [5, 5.41) is 3.86. The summed E-state index contributed by atoms with van der Waals surface area (Å²) >= 11 is 0. The Hall–Kier alpha value is -3.08. The molecule has 0 aliphatic carbocycles. The standard InChI is InChI=1S/C17H14N2O3/c18-15-11-21-19-17(15)13-5-7-14(8-6-13)22-16-4-2-1-3-12(16)9-10-20/h1-8,10-11H,9,18H2. The average molecular weight is 294 g/mol. The molecule has 3 aromatic rings. The summed E-state index contributed by atoms with van der Waals surface area (Å²) in [4.78, 5) is 10.7. The lowest BCUT2D eigenvalue weighted by Crippen LogP contribution is -1.93. The maximum Gasteiger partial charge on any atom is 0.147 e. The highest BCUT2D eigenvalue weighted by Gasteiger charge is 2.08. The summed E-state index contributed by atoms with van der Waals surface area (Å²) < 4.78 is 10.7. The third kappa shape index (κ3) is 2.83. The first-order valence-corrected chi connectivity index (χ1v) is 6.77. The number of carbonyl (C=O) groups excluding carboxylic acids is 1. The number of para-hydroxylation sites is 1. The molecule has 0 atom stereocenters. The molecule has 3 rings (SSSR count). The second-order valence-electron chi connectivity index (χ2n) is 4.72. The first kappa shape index (κ1) is 13.9. The first-order chi connectivity index (χ1) is 10.8. The number of ether oxygens (including phenoxy) is 1. The van der Waals surface area contributed by atoms with Gasteiger partial charge in [0.15, 0.2) is 0 Å². The maximum atomic E-state index is 10.7. The molecule has 0 saturated heterocycles. The van der Waals surface area contributed by atoms with Crippen LogP contribution < -0.4 is 10.5 Å². The molecule has 2 N–H and O–H groups in total. The lowest BCUT2D eigenvalue weighted by molar-refractivity contribution is -0.107. The molecule has 0 spiro atoms. The maximum absolute atomic E-state index is 10.7. The SMILES string of the molecule is Nc1conc1-c1ccc(Oc2ccccc2CC=O)cc1. The molecule has 0 unspecified atom stereocenters. The van der Waals surface area contributed by atoms with Gasteiger partial charge in [0.25, 0.3) is 0 Å². The van der Waals surface area contributed by atoms with Crippen molar-refractivity contribution in [2.75, 3.05) is 5.73 Å². The molecule has 1 aromatic heterocycles. The second-order valence-corrected chi connectivity index (χ2v) is 4.72. The Morgan fingerprint density at radius 3 is 2.59 bits per heavy atom. The minimum absolute atomic E-state index is 0.323. The fourth-order valence-electron chi connectivity index (χ4n) is 2.13. The predicted octanol–water partition coefficient (Wildman–Crippen LogP) is 3.46. The van der Waals surface area contributed by atoms with E-state index in [1.54, 1.807) is 0 Å². The zero-order valence-corrected chi connectivity index (χ0v) is 11.7. The highest BCUT2D eigenvalue weighted by atomic mass is 16.5. The third-order valence-corrected chi connectivity index (χ3v) is 3.23. The molecule has 1 heterocycles. The fraction of sp³-hybridized carbons (Fsp3) is 0.0588. The second kappa shape index (κ2) is 6.13. The summed E-state index contributed by atoms with van der Waals surface area (Å²) in [7, 11) is 0. The van der Waals surface area contributed by atoms with Gasteiger partial charge in [-0.3, -0.25) is 0 Å². The van der Waals surface area contributed by atoms with Crippen LogP contribution in [0.2, 0.25) is 0 Å². The van der Waals surface area contributed by atoms with Crippen molar-refractivity contribution in [3.63, 3.8) is 0 Å². The lowest BCUT2D eigenvalue weighted by atomic mass is 10.1. The van der Waals surface area contributed by atoms with Crippen molar-refractivity contribution < 1.29 is 14.1 Å². The van der Waals surface area contributed by atoms with E-state index in [0.717, 1.165) is 17.4 Å². The normalized spacial score (nSPS) is 10.4. The molecule has 2 aromatic carbocycles. The summed E-state index contributed by atoms with van der Waals surface area (Å²) in [5.74, 6) is 1.34. The van der Waals surface area contributed by atoms with Gasteiger partial charge in [-0.2, -0.15) is 0 Å². The van der Waals surface area contributed by atoms with Crippen molar-refractivity contribution in [3.05, 3.63) is 60.4 Å². The molecular formula is C17H14N2O3. The Balaban J connectivity index is 1.82. The van der Waals surface area contributed by atoms with Crippen molar-refractivity contribution in [1.82, 2.24) is 5.16 Å². The Bertz CT molecular complexity index is 779. The van der Waals surface area contributed by atoms with E-state index in [0.29, 0.717) is 29.3 Å². The summed E-state index contributed by atoms with van der Waals surface area (Å²) in [5.41, 5.74) is 8.56. The van der Waals surface area contributed by atoms with Crippen molar-refractivity contribution in [2.24, 2.45) is 0 Å². The Morgan fingerprint density at radius 1 is 1.14 bits per heavy atom. The number of anilines is 1. The minimum atomic E-state index is 0.323. The number of hydrogen-bond acceptors (Lipinski definition) is 5. The van der Waals surface area contributed by atoms with Crippen LogP contribution in [0.3, 0.4) is 0 Å². The van der Waals surface area contributed by atoms with Gasteiger partial charge >= 0.3 is 0 Å². The molecule has 0 saturated carbocycles. The van der Waals surface area contributed by atoms with Crippen LogP contribution in [0.15, 0.2) is 59.3 Å². The number of benzene rings is 2. The average Bonchev–Trinajstić information content (AvgIpc) is 2.96. The summed E-state index contributed by atoms with van der Waals surface area (Å²) in [6.07, 6.45) is 2.58. The van der Waals surface area contributed by atoms with Gasteiger partial charge in [0.2, 0.25) is 0 Å². The number of nitrogens with two attached hydrogens (primary N) is 1. The van der Waals surface area contributed by atoms with Crippen molar-refractivity contribution >= 4 is 12.0 Å². The molecule has 0 amide bonds. The van der Waals surface area contributed by atoms with Crippen LogP contribution in [0.1, 0.15) is 5.56 Å². The third-order valence-electron chi connectivity index (χ3n) is 3.23. The van der Waals surface area contributed by atoms with Crippen LogP contribution in [-0.2, 0) is 11.2 Å². The largest absolute Gasteiger partial charge is 0.457 e. The smallest absolute Gasteiger partial charge is 0.147 e. The molecular weight excluding hydrogens is 280 g/mol. The van der Waals surface area contributed by atoms with Gasteiger partial charge in [-0.25, -0.2) is 0 Å². The van der Waals surface area contributed by atoms with Crippen LogP contribution in [0.25, 0.3) is 11.3 Å². The molecule has 0 fully saturated rings. The van der Waals surface area contributed by atoms with Crippen molar-refractivity contribution in [2.45, 2.75) is 6.42 Å². The molecule has 0 bridgehead atoms. The van der Waals surface area contributed by atoms with Crippen molar-refractivity contribution in [3.8, 4) is 22.8 Å². The number of nitrogen functional groups attached to an aromatic ring is 1. The summed E-state index contributed by atoms with van der Waals surface area (Å²) in [6.45, 7) is 0. The highest BCUT2D eigenvalue weighted by Crippen LogP contribution is 2.29. The van der Waals surface area contributed by atoms with E-state index < -0.39 is 0 Å². The number of aldehydes is 1. The van der Waals surface area contributed by atoms with E-state index in [-0.39, 0.29) is 0 Å². The monoisotopic (exact) mass is 294 g/mol. The van der Waals surface area contributed by atoms with E-state index in [2.05, 4.69) is 5.16 Å². The van der Waals surface area contributed by atoms with Crippen LogP contribution >= 0.6 is 0 Å². The van der Waals surface area contributed by atoms with Crippen LogP contribution in [0.5, 0.6) is 11.5 Å². The molecule has 110 valence electrons. The number of rotatable bonds is 5. The van der Waals surface area contributed by atoms with Gasteiger partial charge in [-0.1, -0.05) is 23.4 Å². The Labute approximate surface area is 127 Å². The number of hydrogen-bond donors (Lipinski definition) is 1. The highest BCUT2D eigenvalue weighted by molar-refractivity contribution is 5.71. The quantitative estimate of drug-likeness (QED) is 0.729. The van der Waals surface area contributed by atoms with E-state index in [1.165, 1.54) is 6.26 Å². The minimum Gasteiger partial charge on any atom is -0.457 e. The van der Waals surface area contributed by atoms with Crippen LogP contribution in [0.4, 0.5) is 5.69 Å². The van der Waals surface area contributed by atoms with Crippen molar-refractivity contribution in [1.29, 1.82) is 0 Å².